The van der Waals surface area contributed by atoms with Crippen LogP contribution in [0.5, 0.6) is 0 Å². The van der Waals surface area contributed by atoms with Crippen LogP contribution in [-0.4, -0.2) is 29.7 Å². The third-order valence-corrected chi connectivity index (χ3v) is 2.33. The maximum Gasteiger partial charge on any atom is 0.298 e. The van der Waals surface area contributed by atoms with Crippen molar-refractivity contribution in [3.63, 3.8) is 0 Å². The summed E-state index contributed by atoms with van der Waals surface area (Å²) in [6, 6.07) is 3.11. The average Bonchev–Trinajstić information content (AvgIpc) is 2.87. The molecule has 1 aromatic heterocycles. The van der Waals surface area contributed by atoms with E-state index in [1.165, 1.54) is 12.3 Å². The molecular weight excluding hydrogens is 182 g/mol. The highest BCUT2D eigenvalue weighted by atomic mass is 16.3. The van der Waals surface area contributed by atoms with Crippen molar-refractivity contribution in [2.75, 3.05) is 13.1 Å². The molecule has 0 aromatic carbocycles. The van der Waals surface area contributed by atoms with Gasteiger partial charge in [-0.05, 0) is 25.0 Å². The SMILES string of the molecule is O=C(C(=O)N1CCCC1)c1ccco1. The number of Topliss-reactive ketones (excluding diaryl/α,β-unsaturated/α-hetero) is 1. The van der Waals surface area contributed by atoms with Gasteiger partial charge < -0.3 is 9.32 Å². The van der Waals surface area contributed by atoms with E-state index < -0.39 is 11.7 Å². The van der Waals surface area contributed by atoms with Gasteiger partial charge in [0.25, 0.3) is 11.7 Å². The van der Waals surface area contributed by atoms with Crippen LogP contribution in [0, 0.1) is 0 Å². The van der Waals surface area contributed by atoms with Gasteiger partial charge in [0.05, 0.1) is 6.26 Å². The van der Waals surface area contributed by atoms with Crippen molar-refractivity contribution in [2.45, 2.75) is 12.8 Å². The quantitative estimate of drug-likeness (QED) is 0.521. The molecule has 0 aliphatic carbocycles. The Morgan fingerprint density at radius 1 is 1.29 bits per heavy atom. The highest BCUT2D eigenvalue weighted by Crippen LogP contribution is 2.10. The van der Waals surface area contributed by atoms with E-state index in [4.69, 9.17) is 4.42 Å². The van der Waals surface area contributed by atoms with Gasteiger partial charge >= 0.3 is 0 Å². The number of carbonyl (C=O) groups excluding carboxylic acids is 2. The third-order valence-electron chi connectivity index (χ3n) is 2.33. The fourth-order valence-corrected chi connectivity index (χ4v) is 1.58. The first-order chi connectivity index (χ1) is 6.79. The Kier molecular flexibility index (Phi) is 2.35. The first kappa shape index (κ1) is 8.99. The Morgan fingerprint density at radius 3 is 2.57 bits per heavy atom. The van der Waals surface area contributed by atoms with Crippen LogP contribution in [0.25, 0.3) is 0 Å². The zero-order chi connectivity index (χ0) is 9.97. The molecule has 0 saturated carbocycles. The molecule has 4 heteroatoms. The van der Waals surface area contributed by atoms with Gasteiger partial charge in [-0.3, -0.25) is 9.59 Å². The molecular formula is C10H11NO3. The summed E-state index contributed by atoms with van der Waals surface area (Å²) in [6.45, 7) is 1.37. The molecule has 0 radical (unpaired) electrons. The number of ketones is 1. The third kappa shape index (κ3) is 1.55. The lowest BCUT2D eigenvalue weighted by Crippen LogP contribution is -2.33. The highest BCUT2D eigenvalue weighted by Gasteiger charge is 2.26. The molecule has 2 rings (SSSR count). The van der Waals surface area contributed by atoms with Gasteiger partial charge in [0.2, 0.25) is 0 Å². The summed E-state index contributed by atoms with van der Waals surface area (Å²) in [5.74, 6) is -0.865. The molecule has 1 fully saturated rings. The van der Waals surface area contributed by atoms with Gasteiger partial charge in [-0.25, -0.2) is 0 Å². The Balaban J connectivity index is 2.08. The standard InChI is InChI=1S/C10H11NO3/c12-9(8-4-3-7-14-8)10(13)11-5-1-2-6-11/h3-4,7H,1-2,5-6H2. The minimum absolute atomic E-state index is 0.127. The molecule has 0 bridgehead atoms. The van der Waals surface area contributed by atoms with Crippen molar-refractivity contribution in [2.24, 2.45) is 0 Å². The van der Waals surface area contributed by atoms with Crippen LogP contribution in [0.15, 0.2) is 22.8 Å². The number of nitrogens with zero attached hydrogens (tertiary/aromatic N) is 1. The zero-order valence-electron chi connectivity index (χ0n) is 7.73. The van der Waals surface area contributed by atoms with Gasteiger partial charge in [-0.15, -0.1) is 0 Å². The van der Waals surface area contributed by atoms with Gasteiger partial charge in [0, 0.05) is 13.1 Å². The molecule has 0 atom stereocenters. The van der Waals surface area contributed by atoms with Gasteiger partial charge in [0.15, 0.2) is 5.76 Å². The van der Waals surface area contributed by atoms with E-state index in [-0.39, 0.29) is 5.76 Å². The van der Waals surface area contributed by atoms with Crippen molar-refractivity contribution in [3.8, 4) is 0 Å². The lowest BCUT2D eigenvalue weighted by Gasteiger charge is -2.12. The normalized spacial score (nSPS) is 15.9. The van der Waals surface area contributed by atoms with Crippen LogP contribution in [0.2, 0.25) is 0 Å². The Bertz CT molecular complexity index is 336. The largest absolute Gasteiger partial charge is 0.461 e. The second kappa shape index (κ2) is 3.65. The average molecular weight is 193 g/mol. The summed E-state index contributed by atoms with van der Waals surface area (Å²) >= 11 is 0. The molecule has 1 aromatic rings. The number of amides is 1. The van der Waals surface area contributed by atoms with Crippen molar-refractivity contribution in [1.29, 1.82) is 0 Å². The molecule has 1 saturated heterocycles. The summed E-state index contributed by atoms with van der Waals surface area (Å²) < 4.78 is 4.88. The fourth-order valence-electron chi connectivity index (χ4n) is 1.58. The second-order valence-corrected chi connectivity index (χ2v) is 3.31. The van der Waals surface area contributed by atoms with Crippen LogP contribution < -0.4 is 0 Å². The second-order valence-electron chi connectivity index (χ2n) is 3.31. The van der Waals surface area contributed by atoms with E-state index in [1.54, 1.807) is 11.0 Å². The van der Waals surface area contributed by atoms with E-state index in [9.17, 15) is 9.59 Å². The highest BCUT2D eigenvalue weighted by molar-refractivity contribution is 6.41. The summed E-state index contributed by atoms with van der Waals surface area (Å²) in [6.07, 6.45) is 3.36. The Hall–Kier alpha value is -1.58. The summed E-state index contributed by atoms with van der Waals surface area (Å²) in [4.78, 5) is 24.6. The first-order valence-electron chi connectivity index (χ1n) is 4.66. The number of hydrogen-bond donors (Lipinski definition) is 0. The zero-order valence-corrected chi connectivity index (χ0v) is 7.73. The van der Waals surface area contributed by atoms with Crippen molar-refractivity contribution in [1.82, 2.24) is 4.90 Å². The number of furan rings is 1. The molecule has 1 amide bonds. The smallest absolute Gasteiger partial charge is 0.298 e. The molecule has 1 aliphatic heterocycles. The summed E-state index contributed by atoms with van der Waals surface area (Å²) in [5, 5.41) is 0. The van der Waals surface area contributed by atoms with Crippen molar-refractivity contribution < 1.29 is 14.0 Å². The molecule has 14 heavy (non-hydrogen) atoms. The van der Waals surface area contributed by atoms with E-state index >= 15 is 0 Å². The monoisotopic (exact) mass is 193 g/mol. The van der Waals surface area contributed by atoms with Gasteiger partial charge in [0.1, 0.15) is 0 Å². The van der Waals surface area contributed by atoms with Crippen LogP contribution in [0.1, 0.15) is 23.4 Å². The summed E-state index contributed by atoms with van der Waals surface area (Å²) in [7, 11) is 0. The lowest BCUT2D eigenvalue weighted by molar-refractivity contribution is -0.125. The molecule has 0 N–H and O–H groups in total. The van der Waals surface area contributed by atoms with Crippen molar-refractivity contribution in [3.05, 3.63) is 24.2 Å². The lowest BCUT2D eigenvalue weighted by atomic mass is 10.3. The molecule has 4 nitrogen and oxygen atoms in total. The number of likely N-dealkylation sites (tertiary alicyclic amines) is 1. The minimum Gasteiger partial charge on any atom is -0.461 e. The van der Waals surface area contributed by atoms with E-state index in [1.807, 2.05) is 0 Å². The van der Waals surface area contributed by atoms with Crippen LogP contribution >= 0.6 is 0 Å². The van der Waals surface area contributed by atoms with E-state index in [0.29, 0.717) is 13.1 Å². The maximum absolute atomic E-state index is 11.6. The topological polar surface area (TPSA) is 50.5 Å². The Morgan fingerprint density at radius 2 is 2.00 bits per heavy atom. The van der Waals surface area contributed by atoms with E-state index in [2.05, 4.69) is 0 Å². The number of hydrogen-bond acceptors (Lipinski definition) is 3. The first-order valence-corrected chi connectivity index (χ1v) is 4.66. The number of carbonyl (C=O) groups is 2. The fraction of sp³-hybridized carbons (Fsp3) is 0.400. The summed E-state index contributed by atoms with van der Waals surface area (Å²) in [5.41, 5.74) is 0. The van der Waals surface area contributed by atoms with Crippen molar-refractivity contribution >= 4 is 11.7 Å². The van der Waals surface area contributed by atoms with Gasteiger partial charge in [-0.1, -0.05) is 0 Å². The van der Waals surface area contributed by atoms with Crippen LogP contribution in [0.4, 0.5) is 0 Å². The number of rotatable bonds is 2. The van der Waals surface area contributed by atoms with E-state index in [0.717, 1.165) is 12.8 Å². The molecule has 1 aliphatic rings. The maximum atomic E-state index is 11.6. The van der Waals surface area contributed by atoms with Crippen LogP contribution in [-0.2, 0) is 4.79 Å². The molecule has 0 unspecified atom stereocenters. The molecule has 74 valence electrons. The predicted molar refractivity (Wildman–Crippen MR) is 48.9 cm³/mol. The molecule has 2 heterocycles. The van der Waals surface area contributed by atoms with Gasteiger partial charge in [-0.2, -0.15) is 0 Å². The predicted octanol–water partition coefficient (Wildman–Crippen LogP) is 1.08. The minimum atomic E-state index is -0.545. The molecule has 0 spiro atoms. The Labute approximate surface area is 81.5 Å². The van der Waals surface area contributed by atoms with Crippen LogP contribution in [0.3, 0.4) is 0 Å².